The quantitative estimate of drug-likeness (QED) is 0.700. The molecule has 1 atom stereocenters. The van der Waals surface area contributed by atoms with Crippen molar-refractivity contribution in [3.8, 4) is 0 Å². The second kappa shape index (κ2) is 9.05. The van der Waals surface area contributed by atoms with E-state index in [4.69, 9.17) is 0 Å². The highest BCUT2D eigenvalue weighted by molar-refractivity contribution is 5.19. The number of nitrogens with one attached hydrogen (secondary N) is 1. The molecule has 1 unspecified atom stereocenters. The molecule has 0 heterocycles. The highest BCUT2D eigenvalue weighted by atomic mass is 19.2. The smallest absolute Gasteiger partial charge is 0.161 e. The van der Waals surface area contributed by atoms with E-state index < -0.39 is 17.5 Å². The first-order chi connectivity index (χ1) is 9.97. The van der Waals surface area contributed by atoms with Crippen LogP contribution in [0.25, 0.3) is 0 Å². The summed E-state index contributed by atoms with van der Waals surface area (Å²) in [4.78, 5) is 2.35. The van der Waals surface area contributed by atoms with E-state index in [1.54, 1.807) is 0 Å². The van der Waals surface area contributed by atoms with Crippen LogP contribution in [0.1, 0.15) is 39.2 Å². The Hall–Kier alpha value is -1.07. The molecule has 0 bridgehead atoms. The number of rotatable bonds is 9. The van der Waals surface area contributed by atoms with E-state index in [1.807, 2.05) is 6.92 Å². The van der Waals surface area contributed by atoms with Crippen molar-refractivity contribution >= 4 is 0 Å². The van der Waals surface area contributed by atoms with Crippen LogP contribution in [0.2, 0.25) is 0 Å². The largest absolute Gasteiger partial charge is 0.310 e. The highest BCUT2D eigenvalue weighted by Crippen LogP contribution is 2.14. The van der Waals surface area contributed by atoms with Gasteiger partial charge in [0.1, 0.15) is 5.82 Å². The van der Waals surface area contributed by atoms with Gasteiger partial charge in [-0.1, -0.05) is 13.8 Å². The second-order valence-electron chi connectivity index (χ2n) is 5.31. The minimum absolute atomic E-state index is 0.157. The Balaban J connectivity index is 2.36. The van der Waals surface area contributed by atoms with Gasteiger partial charge < -0.3 is 10.2 Å². The monoisotopic (exact) mass is 302 g/mol. The molecule has 0 aliphatic carbocycles. The zero-order valence-corrected chi connectivity index (χ0v) is 13.1. The summed E-state index contributed by atoms with van der Waals surface area (Å²) in [5.74, 6) is -2.87. The van der Waals surface area contributed by atoms with Crippen molar-refractivity contribution in [1.82, 2.24) is 10.2 Å². The summed E-state index contributed by atoms with van der Waals surface area (Å²) in [6, 6.07) is 1.71. The molecule has 0 spiro atoms. The molecule has 5 heteroatoms. The Kier molecular flexibility index (Phi) is 7.75. The number of hydrogen-bond acceptors (Lipinski definition) is 2. The van der Waals surface area contributed by atoms with Crippen molar-refractivity contribution in [3.05, 3.63) is 35.1 Å². The third kappa shape index (κ3) is 6.06. The molecule has 0 saturated heterocycles. The third-order valence-corrected chi connectivity index (χ3v) is 3.74. The van der Waals surface area contributed by atoms with E-state index >= 15 is 0 Å². The van der Waals surface area contributed by atoms with Crippen molar-refractivity contribution in [1.29, 1.82) is 0 Å². The second-order valence-corrected chi connectivity index (χ2v) is 5.31. The van der Waals surface area contributed by atoms with Gasteiger partial charge in [0.05, 0.1) is 0 Å². The molecule has 0 saturated carbocycles. The summed E-state index contributed by atoms with van der Waals surface area (Å²) >= 11 is 0. The number of benzene rings is 1. The lowest BCUT2D eigenvalue weighted by atomic mass is 10.1. The van der Waals surface area contributed by atoms with E-state index in [9.17, 15) is 13.2 Å². The maximum Gasteiger partial charge on any atom is 0.161 e. The Morgan fingerprint density at radius 1 is 1.05 bits per heavy atom. The summed E-state index contributed by atoms with van der Waals surface area (Å²) in [5.41, 5.74) is 0.157. The minimum atomic E-state index is -1.15. The molecule has 1 N–H and O–H groups in total. The van der Waals surface area contributed by atoms with Gasteiger partial charge in [-0.25, -0.2) is 13.2 Å². The van der Waals surface area contributed by atoms with Crippen molar-refractivity contribution in [2.24, 2.45) is 0 Å². The molecule has 0 radical (unpaired) electrons. The lowest BCUT2D eigenvalue weighted by Crippen LogP contribution is -2.29. The summed E-state index contributed by atoms with van der Waals surface area (Å²) in [7, 11) is 0. The molecule has 1 aromatic rings. The summed E-state index contributed by atoms with van der Waals surface area (Å²) in [5, 5.41) is 3.15. The standard InChI is InChI=1S/C16H25F3N2/c1-4-21(5-2)8-6-7-12(3)20-11-13-9-15(18)16(19)10-14(13)17/h9-10,12,20H,4-8,11H2,1-3H3. The Bertz CT molecular complexity index is 434. The molecule has 0 amide bonds. The van der Waals surface area contributed by atoms with Crippen LogP contribution in [0.15, 0.2) is 12.1 Å². The van der Waals surface area contributed by atoms with Gasteiger partial charge in [-0.3, -0.25) is 0 Å². The Labute approximate surface area is 125 Å². The van der Waals surface area contributed by atoms with Gasteiger partial charge in [0.25, 0.3) is 0 Å². The number of halogens is 3. The molecule has 21 heavy (non-hydrogen) atoms. The topological polar surface area (TPSA) is 15.3 Å². The Morgan fingerprint density at radius 3 is 2.29 bits per heavy atom. The number of nitrogens with zero attached hydrogens (tertiary/aromatic N) is 1. The van der Waals surface area contributed by atoms with Crippen LogP contribution >= 0.6 is 0 Å². The van der Waals surface area contributed by atoms with Crippen LogP contribution in [0.4, 0.5) is 13.2 Å². The zero-order chi connectivity index (χ0) is 15.8. The maximum atomic E-state index is 13.5. The zero-order valence-electron chi connectivity index (χ0n) is 13.1. The molecule has 2 nitrogen and oxygen atoms in total. The molecule has 0 fully saturated rings. The molecular weight excluding hydrogens is 277 g/mol. The lowest BCUT2D eigenvalue weighted by molar-refractivity contribution is 0.290. The third-order valence-electron chi connectivity index (χ3n) is 3.74. The van der Waals surface area contributed by atoms with Crippen molar-refractivity contribution < 1.29 is 13.2 Å². The minimum Gasteiger partial charge on any atom is -0.310 e. The first-order valence-corrected chi connectivity index (χ1v) is 7.57. The number of hydrogen-bond donors (Lipinski definition) is 1. The summed E-state index contributed by atoms with van der Waals surface area (Å²) < 4.78 is 39.4. The summed E-state index contributed by atoms with van der Waals surface area (Å²) in [6.07, 6.45) is 2.01. The van der Waals surface area contributed by atoms with Gasteiger partial charge in [0.2, 0.25) is 0 Å². The first-order valence-electron chi connectivity index (χ1n) is 7.57. The van der Waals surface area contributed by atoms with E-state index in [1.165, 1.54) is 0 Å². The van der Waals surface area contributed by atoms with Crippen molar-refractivity contribution in [3.63, 3.8) is 0 Å². The average molecular weight is 302 g/mol. The van der Waals surface area contributed by atoms with Crippen molar-refractivity contribution in [2.75, 3.05) is 19.6 Å². The molecule has 1 rings (SSSR count). The van der Waals surface area contributed by atoms with E-state index in [0.29, 0.717) is 6.07 Å². The van der Waals surface area contributed by atoms with E-state index in [2.05, 4.69) is 24.1 Å². The van der Waals surface area contributed by atoms with Crippen LogP contribution in [-0.2, 0) is 6.54 Å². The SMILES string of the molecule is CCN(CC)CCCC(C)NCc1cc(F)c(F)cc1F. The maximum absolute atomic E-state index is 13.5. The Morgan fingerprint density at radius 2 is 1.67 bits per heavy atom. The van der Waals surface area contributed by atoms with Crippen LogP contribution in [0.3, 0.4) is 0 Å². The molecule has 0 aliphatic rings. The van der Waals surface area contributed by atoms with Gasteiger partial charge in [-0.2, -0.15) is 0 Å². The van der Waals surface area contributed by atoms with Gasteiger partial charge in [0, 0.05) is 24.2 Å². The van der Waals surface area contributed by atoms with Crippen LogP contribution < -0.4 is 5.32 Å². The van der Waals surface area contributed by atoms with Gasteiger partial charge in [-0.15, -0.1) is 0 Å². The van der Waals surface area contributed by atoms with Gasteiger partial charge >= 0.3 is 0 Å². The van der Waals surface area contributed by atoms with Gasteiger partial charge in [0.15, 0.2) is 11.6 Å². The molecule has 120 valence electrons. The fraction of sp³-hybridized carbons (Fsp3) is 0.625. The highest BCUT2D eigenvalue weighted by Gasteiger charge is 2.11. The average Bonchev–Trinajstić information content (AvgIpc) is 2.46. The van der Waals surface area contributed by atoms with Crippen LogP contribution in [0, 0.1) is 17.5 Å². The molecule has 0 aromatic heterocycles. The van der Waals surface area contributed by atoms with E-state index in [-0.39, 0.29) is 18.2 Å². The fourth-order valence-corrected chi connectivity index (χ4v) is 2.25. The first kappa shape index (κ1) is 18.0. The van der Waals surface area contributed by atoms with Crippen molar-refractivity contribution in [2.45, 2.75) is 46.2 Å². The van der Waals surface area contributed by atoms with Crippen LogP contribution in [-0.4, -0.2) is 30.6 Å². The normalized spacial score (nSPS) is 12.9. The predicted molar refractivity (Wildman–Crippen MR) is 79.6 cm³/mol. The van der Waals surface area contributed by atoms with Crippen LogP contribution in [0.5, 0.6) is 0 Å². The molecular formula is C16H25F3N2. The van der Waals surface area contributed by atoms with E-state index in [0.717, 1.165) is 38.5 Å². The predicted octanol–water partition coefficient (Wildman–Crippen LogP) is 3.70. The lowest BCUT2D eigenvalue weighted by Gasteiger charge is -2.20. The molecule has 1 aromatic carbocycles. The fourth-order valence-electron chi connectivity index (χ4n) is 2.25. The summed E-state index contributed by atoms with van der Waals surface area (Å²) in [6.45, 7) is 9.61. The molecule has 0 aliphatic heterocycles. The van der Waals surface area contributed by atoms with Gasteiger partial charge in [-0.05, 0) is 45.5 Å².